The molecule has 6 nitrogen and oxygen atoms in total. The standard InChI is InChI=1S/C15H25N3O3/c1-21-11-10-18-12-13(7-8-15(18)20)17-14(19)6-4-2-3-5-9-16/h7-8,12H,2-6,9-11,16H2,1H3,(H,17,19). The third-order valence-corrected chi connectivity index (χ3v) is 3.16. The number of anilines is 1. The molecule has 0 radical (unpaired) electrons. The lowest BCUT2D eigenvalue weighted by Crippen LogP contribution is -2.22. The van der Waals surface area contributed by atoms with E-state index in [1.807, 2.05) is 0 Å². The average Bonchev–Trinajstić information content (AvgIpc) is 2.47. The van der Waals surface area contributed by atoms with Crippen LogP contribution in [-0.2, 0) is 16.1 Å². The molecule has 1 aromatic heterocycles. The zero-order chi connectivity index (χ0) is 15.5. The van der Waals surface area contributed by atoms with Crippen LogP contribution in [0.2, 0.25) is 0 Å². The fourth-order valence-corrected chi connectivity index (χ4v) is 1.98. The fraction of sp³-hybridized carbons (Fsp3) is 0.600. The molecular weight excluding hydrogens is 270 g/mol. The normalized spacial score (nSPS) is 10.6. The summed E-state index contributed by atoms with van der Waals surface area (Å²) in [6, 6.07) is 3.07. The molecular formula is C15H25N3O3. The molecule has 0 saturated heterocycles. The van der Waals surface area contributed by atoms with Gasteiger partial charge in [-0.1, -0.05) is 12.8 Å². The van der Waals surface area contributed by atoms with Gasteiger partial charge < -0.3 is 20.4 Å². The smallest absolute Gasteiger partial charge is 0.250 e. The molecule has 0 aromatic carbocycles. The van der Waals surface area contributed by atoms with Crippen LogP contribution in [0, 0.1) is 0 Å². The SMILES string of the molecule is COCCn1cc(NC(=O)CCCCCCN)ccc1=O. The number of methoxy groups -OCH3 is 1. The Hall–Kier alpha value is -1.66. The number of pyridine rings is 1. The summed E-state index contributed by atoms with van der Waals surface area (Å²) >= 11 is 0. The number of hydrogen-bond donors (Lipinski definition) is 2. The number of aromatic nitrogens is 1. The van der Waals surface area contributed by atoms with E-state index < -0.39 is 0 Å². The van der Waals surface area contributed by atoms with Gasteiger partial charge in [-0.2, -0.15) is 0 Å². The highest BCUT2D eigenvalue weighted by molar-refractivity contribution is 5.90. The van der Waals surface area contributed by atoms with E-state index in [0.717, 1.165) is 25.7 Å². The number of nitrogens with zero attached hydrogens (tertiary/aromatic N) is 1. The van der Waals surface area contributed by atoms with Gasteiger partial charge in [-0.25, -0.2) is 0 Å². The number of carbonyl (C=O) groups excluding carboxylic acids is 1. The monoisotopic (exact) mass is 295 g/mol. The molecule has 21 heavy (non-hydrogen) atoms. The lowest BCUT2D eigenvalue weighted by molar-refractivity contribution is -0.116. The number of nitrogens with two attached hydrogens (primary N) is 1. The van der Waals surface area contributed by atoms with Crippen molar-refractivity contribution in [2.24, 2.45) is 5.73 Å². The summed E-state index contributed by atoms with van der Waals surface area (Å²) in [6.07, 6.45) is 6.07. The van der Waals surface area contributed by atoms with Gasteiger partial charge in [-0.3, -0.25) is 9.59 Å². The van der Waals surface area contributed by atoms with Gasteiger partial charge in [0.25, 0.3) is 5.56 Å². The largest absolute Gasteiger partial charge is 0.383 e. The fourth-order valence-electron chi connectivity index (χ4n) is 1.98. The van der Waals surface area contributed by atoms with Gasteiger partial charge in [-0.05, 0) is 25.5 Å². The predicted molar refractivity (Wildman–Crippen MR) is 83.3 cm³/mol. The van der Waals surface area contributed by atoms with Crippen molar-refractivity contribution in [3.8, 4) is 0 Å². The summed E-state index contributed by atoms with van der Waals surface area (Å²) in [5, 5.41) is 2.81. The molecule has 0 fully saturated rings. The number of nitrogens with one attached hydrogen (secondary N) is 1. The molecule has 0 aliphatic rings. The Bertz CT molecular complexity index is 485. The minimum atomic E-state index is -0.105. The summed E-state index contributed by atoms with van der Waals surface area (Å²) < 4.78 is 6.48. The molecule has 0 aliphatic carbocycles. The van der Waals surface area contributed by atoms with Crippen LogP contribution in [0.15, 0.2) is 23.1 Å². The Kier molecular flexibility index (Phi) is 8.38. The van der Waals surface area contributed by atoms with Gasteiger partial charge in [0.2, 0.25) is 5.91 Å². The number of unbranched alkanes of at least 4 members (excludes halogenated alkanes) is 3. The molecule has 1 amide bonds. The quantitative estimate of drug-likeness (QED) is 0.638. The summed E-state index contributed by atoms with van der Waals surface area (Å²) in [5.74, 6) is -0.0281. The van der Waals surface area contributed by atoms with Gasteiger partial charge in [-0.15, -0.1) is 0 Å². The van der Waals surface area contributed by atoms with Crippen LogP contribution in [0.3, 0.4) is 0 Å². The first kappa shape index (κ1) is 17.4. The van der Waals surface area contributed by atoms with Gasteiger partial charge in [0.05, 0.1) is 12.3 Å². The number of amides is 1. The van der Waals surface area contributed by atoms with Crippen LogP contribution >= 0.6 is 0 Å². The average molecular weight is 295 g/mol. The van der Waals surface area contributed by atoms with Crippen molar-refractivity contribution in [3.05, 3.63) is 28.7 Å². The van der Waals surface area contributed by atoms with Crippen LogP contribution in [0.1, 0.15) is 32.1 Å². The molecule has 1 heterocycles. The van der Waals surface area contributed by atoms with Gasteiger partial charge in [0.1, 0.15) is 0 Å². The first-order chi connectivity index (χ1) is 10.2. The first-order valence-electron chi connectivity index (χ1n) is 7.36. The van der Waals surface area contributed by atoms with Crippen LogP contribution in [-0.4, -0.2) is 30.7 Å². The molecule has 0 atom stereocenters. The van der Waals surface area contributed by atoms with E-state index in [4.69, 9.17) is 10.5 Å². The number of ether oxygens (including phenoxy) is 1. The molecule has 3 N–H and O–H groups in total. The third kappa shape index (κ3) is 7.06. The van der Waals surface area contributed by atoms with E-state index in [1.165, 1.54) is 10.6 Å². The van der Waals surface area contributed by atoms with Gasteiger partial charge >= 0.3 is 0 Å². The van der Waals surface area contributed by atoms with Crippen molar-refractivity contribution in [1.29, 1.82) is 0 Å². The number of rotatable bonds is 10. The van der Waals surface area contributed by atoms with Crippen LogP contribution < -0.4 is 16.6 Å². The summed E-state index contributed by atoms with van der Waals surface area (Å²) in [5.41, 5.74) is 5.95. The van der Waals surface area contributed by atoms with Crippen molar-refractivity contribution >= 4 is 11.6 Å². The molecule has 1 rings (SSSR count). The van der Waals surface area contributed by atoms with Gasteiger partial charge in [0.15, 0.2) is 0 Å². The highest BCUT2D eigenvalue weighted by Gasteiger charge is 2.04. The molecule has 6 heteroatoms. The first-order valence-corrected chi connectivity index (χ1v) is 7.36. The van der Waals surface area contributed by atoms with E-state index in [2.05, 4.69) is 5.32 Å². The summed E-state index contributed by atoms with van der Waals surface area (Å²) in [7, 11) is 1.58. The summed E-state index contributed by atoms with van der Waals surface area (Å²) in [6.45, 7) is 1.63. The Balaban J connectivity index is 2.43. The zero-order valence-corrected chi connectivity index (χ0v) is 12.6. The maximum Gasteiger partial charge on any atom is 0.250 e. The molecule has 1 aromatic rings. The topological polar surface area (TPSA) is 86.3 Å². The lowest BCUT2D eigenvalue weighted by Gasteiger charge is -2.09. The second-order valence-electron chi connectivity index (χ2n) is 4.94. The van der Waals surface area contributed by atoms with Crippen molar-refractivity contribution in [1.82, 2.24) is 4.57 Å². The van der Waals surface area contributed by atoms with E-state index in [0.29, 0.717) is 31.8 Å². The number of carbonyl (C=O) groups is 1. The summed E-state index contributed by atoms with van der Waals surface area (Å²) in [4.78, 5) is 23.4. The minimum absolute atomic E-state index is 0.0281. The predicted octanol–water partition coefficient (Wildman–Crippen LogP) is 1.34. The van der Waals surface area contributed by atoms with Crippen LogP contribution in [0.5, 0.6) is 0 Å². The van der Waals surface area contributed by atoms with Crippen molar-refractivity contribution in [2.45, 2.75) is 38.6 Å². The number of hydrogen-bond acceptors (Lipinski definition) is 4. The molecule has 118 valence electrons. The van der Waals surface area contributed by atoms with E-state index in [9.17, 15) is 9.59 Å². The van der Waals surface area contributed by atoms with Crippen molar-refractivity contribution in [3.63, 3.8) is 0 Å². The van der Waals surface area contributed by atoms with Crippen molar-refractivity contribution in [2.75, 3.05) is 25.6 Å². The molecule has 0 aliphatic heterocycles. The minimum Gasteiger partial charge on any atom is -0.383 e. The third-order valence-electron chi connectivity index (χ3n) is 3.16. The highest BCUT2D eigenvalue weighted by atomic mass is 16.5. The Morgan fingerprint density at radius 2 is 2.05 bits per heavy atom. The Labute approximate surface area is 125 Å². The van der Waals surface area contributed by atoms with Crippen LogP contribution in [0.4, 0.5) is 5.69 Å². The van der Waals surface area contributed by atoms with E-state index >= 15 is 0 Å². The second-order valence-corrected chi connectivity index (χ2v) is 4.94. The maximum atomic E-state index is 11.8. The van der Waals surface area contributed by atoms with Crippen LogP contribution in [0.25, 0.3) is 0 Å². The lowest BCUT2D eigenvalue weighted by atomic mass is 10.1. The molecule has 0 bridgehead atoms. The Morgan fingerprint density at radius 3 is 2.76 bits per heavy atom. The maximum absolute atomic E-state index is 11.8. The Morgan fingerprint density at radius 1 is 1.29 bits per heavy atom. The molecule has 0 unspecified atom stereocenters. The van der Waals surface area contributed by atoms with E-state index in [-0.39, 0.29) is 11.5 Å². The second kappa shape index (κ2) is 10.1. The van der Waals surface area contributed by atoms with E-state index in [1.54, 1.807) is 19.4 Å². The highest BCUT2D eigenvalue weighted by Crippen LogP contribution is 2.07. The molecule has 0 spiro atoms. The zero-order valence-electron chi connectivity index (χ0n) is 12.6. The van der Waals surface area contributed by atoms with Gasteiger partial charge in [0, 0.05) is 32.3 Å². The van der Waals surface area contributed by atoms with Crippen molar-refractivity contribution < 1.29 is 9.53 Å². The molecule has 0 saturated carbocycles.